The largest absolute Gasteiger partial charge is 0.310 e. The summed E-state index contributed by atoms with van der Waals surface area (Å²) in [7, 11) is 0. The number of fused-ring (bicyclic) bond motifs is 12. The molecule has 0 spiro atoms. The first-order valence-electron chi connectivity index (χ1n) is 26.2. The third kappa shape index (κ3) is 6.98. The molecule has 3 aliphatic rings. The quantitative estimate of drug-likeness (QED) is 0.167. The van der Waals surface area contributed by atoms with Crippen molar-refractivity contribution in [3.63, 3.8) is 0 Å². The number of para-hydroxylation sites is 1. The Balaban J connectivity index is 0.909. The molecule has 3 aromatic heterocycles. The molecule has 356 valence electrons. The molecule has 15 rings (SSSR count). The van der Waals surface area contributed by atoms with Crippen molar-refractivity contribution in [3.05, 3.63) is 240 Å². The van der Waals surface area contributed by atoms with Gasteiger partial charge >= 0.3 is 0 Å². The Morgan fingerprint density at radius 2 is 1.19 bits per heavy atom. The van der Waals surface area contributed by atoms with E-state index in [1.807, 2.05) is 17.4 Å². The van der Waals surface area contributed by atoms with E-state index in [0.717, 1.165) is 35.1 Å². The van der Waals surface area contributed by atoms with Crippen LogP contribution in [0.5, 0.6) is 0 Å². The first kappa shape index (κ1) is 43.8. The van der Waals surface area contributed by atoms with Crippen molar-refractivity contribution in [1.29, 1.82) is 0 Å². The fourth-order valence-electron chi connectivity index (χ4n) is 12.5. The van der Waals surface area contributed by atoms with Crippen molar-refractivity contribution >= 4 is 70.7 Å². The van der Waals surface area contributed by atoms with Gasteiger partial charge in [-0.3, -0.25) is 0 Å². The Labute approximate surface area is 440 Å². The molecule has 0 saturated heterocycles. The first-order valence-corrected chi connectivity index (χ1v) is 27.0. The van der Waals surface area contributed by atoms with E-state index in [-0.39, 0.29) is 5.41 Å². The molecular formula is C70H50N4S. The van der Waals surface area contributed by atoms with Gasteiger partial charge in [0.25, 0.3) is 0 Å². The second-order valence-corrected chi connectivity index (χ2v) is 22.2. The van der Waals surface area contributed by atoms with Gasteiger partial charge in [-0.1, -0.05) is 191 Å². The highest BCUT2D eigenvalue weighted by atomic mass is 32.1. The van der Waals surface area contributed by atoms with Gasteiger partial charge in [-0.2, -0.15) is 0 Å². The highest BCUT2D eigenvalue weighted by Crippen LogP contribution is 2.51. The molecule has 0 saturated carbocycles. The molecule has 3 aliphatic carbocycles. The highest BCUT2D eigenvalue weighted by molar-refractivity contribution is 7.25. The molecule has 0 radical (unpaired) electrons. The fraction of sp³-hybridized carbons (Fsp3) is 0.100. The summed E-state index contributed by atoms with van der Waals surface area (Å²) in [5.41, 5.74) is 21.4. The molecular weight excluding hydrogens is 929 g/mol. The maximum Gasteiger partial charge on any atom is 0.164 e. The van der Waals surface area contributed by atoms with Crippen molar-refractivity contribution < 1.29 is 0 Å². The molecule has 0 amide bonds. The van der Waals surface area contributed by atoms with E-state index < -0.39 is 0 Å². The predicted molar refractivity (Wildman–Crippen MR) is 316 cm³/mol. The lowest BCUT2D eigenvalue weighted by Crippen LogP contribution is -2.15. The van der Waals surface area contributed by atoms with Crippen molar-refractivity contribution in [3.8, 4) is 67.5 Å². The molecule has 5 heteroatoms. The SMILES string of the molecule is CC1C=CC(n2c3ccccc3c3ccc(-c4ccc5c(c4)-c4ccccc4C=C(c4c(-c6nc(-c7ccccc7)nc(-c7ccc8c(c7)C(C)(C)c7ccccc7-8)n6)ccc6sc7ccccc7c46)C5)cc32)=CC1. The van der Waals surface area contributed by atoms with Crippen LogP contribution in [-0.4, -0.2) is 19.5 Å². The molecule has 75 heavy (non-hydrogen) atoms. The van der Waals surface area contributed by atoms with Crippen LogP contribution in [0.1, 0.15) is 55.0 Å². The molecule has 0 aliphatic heterocycles. The summed E-state index contributed by atoms with van der Waals surface area (Å²) >= 11 is 1.85. The van der Waals surface area contributed by atoms with Gasteiger partial charge in [0.1, 0.15) is 0 Å². The number of benzene rings is 9. The first-order chi connectivity index (χ1) is 36.8. The summed E-state index contributed by atoms with van der Waals surface area (Å²) in [4.78, 5) is 16.3. The minimum absolute atomic E-state index is 0.171. The van der Waals surface area contributed by atoms with Crippen LogP contribution in [0.15, 0.2) is 212 Å². The van der Waals surface area contributed by atoms with Crippen LogP contribution in [0.25, 0.3) is 127 Å². The number of thiophene rings is 1. The average molecular weight is 979 g/mol. The number of rotatable bonds is 6. The van der Waals surface area contributed by atoms with Crippen LogP contribution >= 0.6 is 11.3 Å². The van der Waals surface area contributed by atoms with Gasteiger partial charge in [0.2, 0.25) is 0 Å². The van der Waals surface area contributed by atoms with E-state index in [2.05, 4.69) is 238 Å². The summed E-state index contributed by atoms with van der Waals surface area (Å²) in [5, 5.41) is 5.02. The zero-order valence-corrected chi connectivity index (χ0v) is 42.8. The van der Waals surface area contributed by atoms with E-state index in [1.54, 1.807) is 0 Å². The van der Waals surface area contributed by atoms with Gasteiger partial charge in [-0.15, -0.1) is 11.3 Å². The van der Waals surface area contributed by atoms with Crippen molar-refractivity contribution in [2.45, 2.75) is 39.0 Å². The maximum absolute atomic E-state index is 5.53. The molecule has 9 aromatic carbocycles. The van der Waals surface area contributed by atoms with Gasteiger partial charge in [0.05, 0.1) is 11.0 Å². The third-order valence-electron chi connectivity index (χ3n) is 16.2. The van der Waals surface area contributed by atoms with Crippen molar-refractivity contribution in [2.24, 2.45) is 5.92 Å². The Morgan fingerprint density at radius 3 is 2.05 bits per heavy atom. The summed E-state index contributed by atoms with van der Waals surface area (Å²) in [6.07, 6.45) is 11.2. The molecule has 3 heterocycles. The van der Waals surface area contributed by atoms with Gasteiger partial charge in [-0.25, -0.2) is 15.0 Å². The predicted octanol–water partition coefficient (Wildman–Crippen LogP) is 18.5. The van der Waals surface area contributed by atoms with E-state index >= 15 is 0 Å². The normalized spacial score (nSPS) is 15.4. The van der Waals surface area contributed by atoms with Gasteiger partial charge in [-0.05, 0) is 134 Å². The Hall–Kier alpha value is -8.77. The van der Waals surface area contributed by atoms with Crippen LogP contribution in [0.3, 0.4) is 0 Å². The smallest absolute Gasteiger partial charge is 0.164 e. The van der Waals surface area contributed by atoms with Gasteiger partial charge < -0.3 is 4.57 Å². The Morgan fingerprint density at radius 1 is 0.507 bits per heavy atom. The fourth-order valence-corrected chi connectivity index (χ4v) is 13.6. The lowest BCUT2D eigenvalue weighted by Gasteiger charge is -2.22. The summed E-state index contributed by atoms with van der Waals surface area (Å²) < 4.78 is 4.96. The third-order valence-corrected chi connectivity index (χ3v) is 17.4. The monoisotopic (exact) mass is 978 g/mol. The van der Waals surface area contributed by atoms with Crippen LogP contribution < -0.4 is 0 Å². The molecule has 0 bridgehead atoms. The van der Waals surface area contributed by atoms with Crippen LogP contribution in [0.2, 0.25) is 0 Å². The standard InChI is InChI=1S/C70H50N4S/c1-42-25-31-50(32-26-42)74-61-23-13-10-20-54(61)55-34-29-45(41-62(55)74)44-27-28-47-38-49(37-46-17-7-8-18-51(46)58(47)39-44)65-57(35-36-64-66(65)56-21-11-14-24-63(56)75-64)69-72-67(43-15-5-4-6-16-43)71-68(73-69)48-30-33-53-52-19-9-12-22-59(52)70(2,3)60(53)40-48/h4-25,27-37,39-42H,26,38H2,1-3H3. The Bertz CT molecular complexity index is 4470. The molecule has 0 N–H and O–H groups in total. The number of hydrogen-bond acceptors (Lipinski definition) is 4. The van der Waals surface area contributed by atoms with Crippen LogP contribution in [0.4, 0.5) is 0 Å². The highest BCUT2D eigenvalue weighted by Gasteiger charge is 2.36. The summed E-state index contributed by atoms with van der Waals surface area (Å²) in [5.74, 6) is 2.51. The van der Waals surface area contributed by atoms with Crippen molar-refractivity contribution in [2.75, 3.05) is 0 Å². The second kappa shape index (κ2) is 16.9. The molecule has 12 aromatic rings. The van der Waals surface area contributed by atoms with Crippen LogP contribution in [-0.2, 0) is 11.8 Å². The second-order valence-electron chi connectivity index (χ2n) is 21.2. The summed E-state index contributed by atoms with van der Waals surface area (Å²) in [6, 6.07) is 71.3. The zero-order chi connectivity index (χ0) is 49.9. The topological polar surface area (TPSA) is 43.6 Å². The minimum Gasteiger partial charge on any atom is -0.310 e. The maximum atomic E-state index is 5.53. The van der Waals surface area contributed by atoms with Gasteiger partial charge in [0, 0.05) is 58.7 Å². The number of aromatic nitrogens is 4. The molecule has 4 nitrogen and oxygen atoms in total. The van der Waals surface area contributed by atoms with E-state index in [1.165, 1.54) is 109 Å². The van der Waals surface area contributed by atoms with Crippen LogP contribution in [0, 0.1) is 5.92 Å². The van der Waals surface area contributed by atoms with E-state index in [4.69, 9.17) is 15.0 Å². The lowest BCUT2D eigenvalue weighted by atomic mass is 9.82. The summed E-state index contributed by atoms with van der Waals surface area (Å²) in [6.45, 7) is 6.94. The molecule has 1 unspecified atom stereocenters. The Kier molecular flexibility index (Phi) is 9.86. The number of hydrogen-bond donors (Lipinski definition) is 0. The minimum atomic E-state index is -0.171. The van der Waals surface area contributed by atoms with Crippen molar-refractivity contribution in [1.82, 2.24) is 19.5 Å². The van der Waals surface area contributed by atoms with Gasteiger partial charge in [0.15, 0.2) is 17.5 Å². The number of allylic oxidation sites excluding steroid dienone is 5. The lowest BCUT2D eigenvalue weighted by molar-refractivity contribution is 0.660. The van der Waals surface area contributed by atoms with E-state index in [9.17, 15) is 0 Å². The average Bonchev–Trinajstić information content (AvgIpc) is 4.10. The molecule has 0 fully saturated rings. The number of nitrogens with zero attached hydrogens (tertiary/aromatic N) is 4. The zero-order valence-electron chi connectivity index (χ0n) is 42.0. The van der Waals surface area contributed by atoms with E-state index in [0.29, 0.717) is 23.4 Å². The molecule has 1 atom stereocenters.